The summed E-state index contributed by atoms with van der Waals surface area (Å²) in [4.78, 5) is 26.3. The average Bonchev–Trinajstić information content (AvgIpc) is 2.99. The summed E-state index contributed by atoms with van der Waals surface area (Å²) < 4.78 is 33.5. The lowest BCUT2D eigenvalue weighted by atomic mass is 10.2. The van der Waals surface area contributed by atoms with Crippen LogP contribution in [0.25, 0.3) is 0 Å². The molecule has 1 unspecified atom stereocenters. The van der Waals surface area contributed by atoms with Gasteiger partial charge in [-0.15, -0.1) is 0 Å². The van der Waals surface area contributed by atoms with E-state index in [4.69, 9.17) is 9.47 Å². The van der Waals surface area contributed by atoms with E-state index in [1.165, 1.54) is 19.1 Å². The number of ether oxygens (including phenoxy) is 2. The number of sulfone groups is 1. The van der Waals surface area contributed by atoms with E-state index >= 15 is 0 Å². The van der Waals surface area contributed by atoms with Crippen LogP contribution in [0.2, 0.25) is 0 Å². The normalized spacial score (nSPS) is 18.2. The Morgan fingerprint density at radius 1 is 1.19 bits per heavy atom. The second kappa shape index (κ2) is 8.39. The number of rotatable bonds is 7. The number of hydrogen-bond donors (Lipinski definition) is 1. The third-order valence-corrected chi connectivity index (χ3v) is 6.07. The van der Waals surface area contributed by atoms with E-state index in [1.807, 2.05) is 0 Å². The Balaban J connectivity index is 2.01. The van der Waals surface area contributed by atoms with Crippen molar-refractivity contribution in [3.05, 3.63) is 23.8 Å². The smallest absolute Gasteiger partial charge is 0.251 e. The van der Waals surface area contributed by atoms with Gasteiger partial charge < -0.3 is 19.7 Å². The lowest BCUT2D eigenvalue weighted by Gasteiger charge is -2.27. The zero-order valence-corrected chi connectivity index (χ0v) is 16.0. The minimum atomic E-state index is -3.08. The molecule has 26 heavy (non-hydrogen) atoms. The molecule has 1 aromatic carbocycles. The predicted octanol–water partition coefficient (Wildman–Crippen LogP) is 0.469. The molecule has 1 N–H and O–H groups in total. The first-order valence-corrected chi connectivity index (χ1v) is 10.1. The number of hydrogen-bond acceptors (Lipinski definition) is 6. The summed E-state index contributed by atoms with van der Waals surface area (Å²) in [7, 11) is -0.121. The van der Waals surface area contributed by atoms with Gasteiger partial charge in [0.2, 0.25) is 5.91 Å². The van der Waals surface area contributed by atoms with Crippen molar-refractivity contribution in [3.63, 3.8) is 0 Å². The molecule has 1 aliphatic rings. The summed E-state index contributed by atoms with van der Waals surface area (Å²) in [6.07, 6.45) is 0.433. The number of amides is 2. The molecule has 144 valence electrons. The Kier molecular flexibility index (Phi) is 6.47. The van der Waals surface area contributed by atoms with Crippen LogP contribution in [0.15, 0.2) is 18.2 Å². The second-order valence-electron chi connectivity index (χ2n) is 6.02. The molecule has 9 heteroatoms. The molecule has 1 aromatic rings. The highest BCUT2D eigenvalue weighted by Crippen LogP contribution is 2.22. The zero-order chi connectivity index (χ0) is 19.3. The number of methoxy groups -OCH3 is 2. The molecular formula is C17H24N2O6S. The SMILES string of the molecule is CCN(C(=O)CNC(=O)c1cc(OC)cc(OC)c1)C1CCS(=O)(=O)C1. The van der Waals surface area contributed by atoms with Crippen LogP contribution in [-0.4, -0.2) is 70.0 Å². The van der Waals surface area contributed by atoms with E-state index in [2.05, 4.69) is 5.32 Å². The number of carbonyl (C=O) groups excluding carboxylic acids is 2. The number of nitrogens with zero attached hydrogens (tertiary/aromatic N) is 1. The molecule has 1 saturated heterocycles. The van der Waals surface area contributed by atoms with Crippen molar-refractivity contribution >= 4 is 21.7 Å². The first-order chi connectivity index (χ1) is 12.3. The first-order valence-electron chi connectivity index (χ1n) is 8.30. The van der Waals surface area contributed by atoms with Crippen molar-refractivity contribution < 1.29 is 27.5 Å². The lowest BCUT2D eigenvalue weighted by Crippen LogP contribution is -2.46. The molecule has 2 rings (SSSR count). The Labute approximate surface area is 153 Å². The molecule has 8 nitrogen and oxygen atoms in total. The van der Waals surface area contributed by atoms with Crippen LogP contribution in [0.1, 0.15) is 23.7 Å². The predicted molar refractivity (Wildman–Crippen MR) is 96.3 cm³/mol. The van der Waals surface area contributed by atoms with Crippen molar-refractivity contribution in [2.75, 3.05) is 38.8 Å². The van der Waals surface area contributed by atoms with Gasteiger partial charge in [-0.25, -0.2) is 8.42 Å². The van der Waals surface area contributed by atoms with Crippen molar-refractivity contribution in [1.29, 1.82) is 0 Å². The number of likely N-dealkylation sites (N-methyl/N-ethyl adjacent to an activating group) is 1. The van der Waals surface area contributed by atoms with Crippen LogP contribution in [-0.2, 0) is 14.6 Å². The Bertz CT molecular complexity index is 755. The van der Waals surface area contributed by atoms with Gasteiger partial charge in [-0.2, -0.15) is 0 Å². The van der Waals surface area contributed by atoms with Gasteiger partial charge in [-0.1, -0.05) is 0 Å². The molecule has 0 aromatic heterocycles. The van der Waals surface area contributed by atoms with Crippen molar-refractivity contribution in [2.24, 2.45) is 0 Å². The third-order valence-electron chi connectivity index (χ3n) is 4.32. The lowest BCUT2D eigenvalue weighted by molar-refractivity contribution is -0.131. The summed E-state index contributed by atoms with van der Waals surface area (Å²) >= 11 is 0. The quantitative estimate of drug-likeness (QED) is 0.733. The fourth-order valence-electron chi connectivity index (χ4n) is 2.96. The minimum Gasteiger partial charge on any atom is -0.497 e. The molecular weight excluding hydrogens is 360 g/mol. The Hall–Kier alpha value is -2.29. The monoisotopic (exact) mass is 384 g/mol. The first kappa shape index (κ1) is 20.0. The highest BCUT2D eigenvalue weighted by molar-refractivity contribution is 7.91. The largest absolute Gasteiger partial charge is 0.497 e. The van der Waals surface area contributed by atoms with Crippen molar-refractivity contribution in [1.82, 2.24) is 10.2 Å². The summed E-state index contributed by atoms with van der Waals surface area (Å²) in [5.74, 6) is 0.258. The maximum Gasteiger partial charge on any atom is 0.251 e. The molecule has 1 fully saturated rings. The molecule has 0 aliphatic carbocycles. The highest BCUT2D eigenvalue weighted by atomic mass is 32.2. The van der Waals surface area contributed by atoms with E-state index in [0.717, 1.165) is 0 Å². The van der Waals surface area contributed by atoms with Crippen molar-refractivity contribution in [3.8, 4) is 11.5 Å². The highest BCUT2D eigenvalue weighted by Gasteiger charge is 2.33. The van der Waals surface area contributed by atoms with E-state index in [-0.39, 0.29) is 30.0 Å². The average molecular weight is 384 g/mol. The molecule has 0 radical (unpaired) electrons. The molecule has 1 heterocycles. The van der Waals surface area contributed by atoms with Crippen molar-refractivity contribution in [2.45, 2.75) is 19.4 Å². The molecule has 0 saturated carbocycles. The van der Waals surface area contributed by atoms with Gasteiger partial charge in [0.05, 0.1) is 32.3 Å². The van der Waals surface area contributed by atoms with E-state index in [0.29, 0.717) is 30.0 Å². The van der Waals surface area contributed by atoms with Crippen LogP contribution in [0.4, 0.5) is 0 Å². The summed E-state index contributed by atoms with van der Waals surface area (Å²) in [6, 6.07) is 4.40. The fraction of sp³-hybridized carbons (Fsp3) is 0.529. The minimum absolute atomic E-state index is 0.0202. The standard InChI is InChI=1S/C17H24N2O6S/c1-4-19(13-5-6-26(22,23)11-13)16(20)10-18-17(21)12-7-14(24-2)9-15(8-12)25-3/h7-9,13H,4-6,10-11H2,1-3H3,(H,18,21). The number of benzene rings is 1. The van der Waals surface area contributed by atoms with Gasteiger partial charge in [0, 0.05) is 24.2 Å². The maximum atomic E-state index is 12.4. The van der Waals surface area contributed by atoms with Gasteiger partial charge in [0.1, 0.15) is 11.5 Å². The van der Waals surface area contributed by atoms with Gasteiger partial charge in [-0.05, 0) is 25.5 Å². The maximum absolute atomic E-state index is 12.4. The summed E-state index contributed by atoms with van der Waals surface area (Å²) in [6.45, 7) is 1.97. The number of carbonyl (C=O) groups is 2. The van der Waals surface area contributed by atoms with Crippen LogP contribution >= 0.6 is 0 Å². The van der Waals surface area contributed by atoms with Crippen LogP contribution in [0.5, 0.6) is 11.5 Å². The van der Waals surface area contributed by atoms with E-state index < -0.39 is 15.7 Å². The molecule has 1 atom stereocenters. The summed E-state index contributed by atoms with van der Waals surface area (Å²) in [5.41, 5.74) is 0.306. The van der Waals surface area contributed by atoms with Gasteiger partial charge in [-0.3, -0.25) is 9.59 Å². The Morgan fingerprint density at radius 2 is 1.81 bits per heavy atom. The topological polar surface area (TPSA) is 102 Å². The van der Waals surface area contributed by atoms with E-state index in [1.54, 1.807) is 25.1 Å². The van der Waals surface area contributed by atoms with E-state index in [9.17, 15) is 18.0 Å². The zero-order valence-electron chi connectivity index (χ0n) is 15.1. The summed E-state index contributed by atoms with van der Waals surface area (Å²) in [5, 5.41) is 2.57. The molecule has 0 bridgehead atoms. The fourth-order valence-corrected chi connectivity index (χ4v) is 4.69. The Morgan fingerprint density at radius 3 is 2.27 bits per heavy atom. The van der Waals surface area contributed by atoms with Crippen LogP contribution < -0.4 is 14.8 Å². The third kappa shape index (κ3) is 4.87. The van der Waals surface area contributed by atoms with Gasteiger partial charge in [0.25, 0.3) is 5.91 Å². The molecule has 0 spiro atoms. The van der Waals surface area contributed by atoms with Gasteiger partial charge >= 0.3 is 0 Å². The number of nitrogens with one attached hydrogen (secondary N) is 1. The second-order valence-corrected chi connectivity index (χ2v) is 8.25. The van der Waals surface area contributed by atoms with Crippen LogP contribution in [0, 0.1) is 0 Å². The van der Waals surface area contributed by atoms with Crippen LogP contribution in [0.3, 0.4) is 0 Å². The molecule has 2 amide bonds. The molecule has 1 aliphatic heterocycles. The van der Waals surface area contributed by atoms with Gasteiger partial charge in [0.15, 0.2) is 9.84 Å².